The summed E-state index contributed by atoms with van der Waals surface area (Å²) in [7, 11) is 0. The molecule has 0 atom stereocenters. The van der Waals surface area contributed by atoms with Gasteiger partial charge >= 0.3 is 11.9 Å². The number of hydrogen-bond donors (Lipinski definition) is 5. The number of aliphatic hydroxyl groups is 3. The molecular formula is C23H48O10. The molecule has 200 valence electrons. The maximum Gasteiger partial charge on any atom is 0.303 e. The van der Waals surface area contributed by atoms with Gasteiger partial charge in [0, 0.05) is 59.5 Å². The van der Waals surface area contributed by atoms with Gasteiger partial charge in [0.25, 0.3) is 0 Å². The van der Waals surface area contributed by atoms with Crippen molar-refractivity contribution in [1.82, 2.24) is 0 Å². The highest BCUT2D eigenvalue weighted by Crippen LogP contribution is 1.95. The number of hydrogen-bond acceptors (Lipinski definition) is 8. The van der Waals surface area contributed by atoms with Crippen LogP contribution in [0.25, 0.3) is 0 Å². The normalized spacial score (nSPS) is 10.1. The molecule has 0 aliphatic heterocycles. The highest BCUT2D eigenvalue weighted by molar-refractivity contribution is 5.75. The molecule has 0 aromatic rings. The van der Waals surface area contributed by atoms with Crippen LogP contribution in [0, 0.1) is 0 Å². The highest BCUT2D eigenvalue weighted by Gasteiger charge is 2.00. The Balaban J connectivity index is -0.000000426. The highest BCUT2D eigenvalue weighted by atomic mass is 16.5. The molecule has 0 aliphatic rings. The molecule has 0 amide bonds. The lowest BCUT2D eigenvalue weighted by atomic mass is 10.3. The third-order valence-corrected chi connectivity index (χ3v) is 3.82. The van der Waals surface area contributed by atoms with Crippen molar-refractivity contribution in [3.05, 3.63) is 0 Å². The molecule has 10 nitrogen and oxygen atoms in total. The summed E-state index contributed by atoms with van der Waals surface area (Å²) in [6, 6.07) is 0. The van der Waals surface area contributed by atoms with Crippen molar-refractivity contribution < 1.29 is 49.3 Å². The molecular weight excluding hydrogens is 436 g/mol. The molecule has 0 rings (SSSR count). The Labute approximate surface area is 198 Å². The van der Waals surface area contributed by atoms with E-state index in [0.717, 1.165) is 97.4 Å². The molecule has 10 heteroatoms. The van der Waals surface area contributed by atoms with Crippen molar-refractivity contribution in [1.29, 1.82) is 0 Å². The summed E-state index contributed by atoms with van der Waals surface area (Å²) >= 11 is 0. The molecule has 0 heterocycles. The second-order valence-electron chi connectivity index (χ2n) is 7.12. The molecule has 5 N–H and O–H groups in total. The first-order valence-electron chi connectivity index (χ1n) is 12.0. The van der Waals surface area contributed by atoms with Gasteiger partial charge in [-0.3, -0.25) is 9.59 Å². The number of carboxylic acids is 2. The van der Waals surface area contributed by atoms with E-state index in [1.807, 2.05) is 0 Å². The predicted octanol–water partition coefficient (Wildman–Crippen LogP) is 2.47. The first-order chi connectivity index (χ1) is 16.0. The lowest BCUT2D eigenvalue weighted by Gasteiger charge is -2.04. The summed E-state index contributed by atoms with van der Waals surface area (Å²) in [6.07, 6.45) is 7.96. The van der Waals surface area contributed by atoms with Crippen LogP contribution in [0.3, 0.4) is 0 Å². The molecule has 0 aromatic heterocycles. The fraction of sp³-hybridized carbons (Fsp3) is 0.913. The van der Waals surface area contributed by atoms with Gasteiger partial charge in [0.05, 0.1) is 12.8 Å². The van der Waals surface area contributed by atoms with Crippen molar-refractivity contribution in [3.63, 3.8) is 0 Å². The molecule has 0 spiro atoms. The topological polar surface area (TPSA) is 163 Å². The number of rotatable bonds is 22. The van der Waals surface area contributed by atoms with Crippen molar-refractivity contribution >= 4 is 11.9 Å². The monoisotopic (exact) mass is 484 g/mol. The Morgan fingerprint density at radius 3 is 1.03 bits per heavy atom. The van der Waals surface area contributed by atoms with E-state index < -0.39 is 11.9 Å². The van der Waals surface area contributed by atoms with E-state index in [1.165, 1.54) is 0 Å². The summed E-state index contributed by atoms with van der Waals surface area (Å²) in [5.74, 6) is -2.15. The number of carboxylic acid groups (broad SMARTS) is 2. The zero-order valence-electron chi connectivity index (χ0n) is 20.4. The van der Waals surface area contributed by atoms with Crippen LogP contribution in [0.1, 0.15) is 77.6 Å². The van der Waals surface area contributed by atoms with Crippen LogP contribution in [0.2, 0.25) is 0 Å². The largest absolute Gasteiger partial charge is 0.481 e. The van der Waals surface area contributed by atoms with Gasteiger partial charge < -0.3 is 39.7 Å². The first-order valence-corrected chi connectivity index (χ1v) is 12.0. The number of ether oxygens (including phenoxy) is 3. The van der Waals surface area contributed by atoms with Crippen LogP contribution in [0.5, 0.6) is 0 Å². The predicted molar refractivity (Wildman–Crippen MR) is 125 cm³/mol. The van der Waals surface area contributed by atoms with Crippen molar-refractivity contribution in [2.75, 3.05) is 59.5 Å². The minimum absolute atomic E-state index is 0.250. The van der Waals surface area contributed by atoms with E-state index in [4.69, 9.17) is 39.7 Å². The van der Waals surface area contributed by atoms with Gasteiger partial charge in [0.15, 0.2) is 0 Å². The zero-order valence-corrected chi connectivity index (χ0v) is 20.4. The summed E-state index contributed by atoms with van der Waals surface area (Å²) in [5, 5.41) is 41.2. The Morgan fingerprint density at radius 2 is 0.788 bits per heavy atom. The van der Waals surface area contributed by atoms with Gasteiger partial charge in [-0.1, -0.05) is 6.92 Å². The fourth-order valence-corrected chi connectivity index (χ4v) is 2.02. The van der Waals surface area contributed by atoms with Crippen LogP contribution >= 0.6 is 0 Å². The van der Waals surface area contributed by atoms with Gasteiger partial charge in [-0.15, -0.1) is 0 Å². The molecule has 0 radical (unpaired) electrons. The van der Waals surface area contributed by atoms with Crippen LogP contribution in [-0.4, -0.2) is 96.9 Å². The first kappa shape index (κ1) is 36.3. The number of aliphatic hydroxyl groups excluding tert-OH is 3. The minimum Gasteiger partial charge on any atom is -0.481 e. The van der Waals surface area contributed by atoms with Crippen LogP contribution < -0.4 is 0 Å². The SMILES string of the molecule is CCCOCCCCOCCCCO.O=C(O)CCC(=O)O.OCCCCOCCCCO. The van der Waals surface area contributed by atoms with Gasteiger partial charge in [-0.2, -0.15) is 0 Å². The molecule has 33 heavy (non-hydrogen) atoms. The number of aliphatic carboxylic acids is 2. The summed E-state index contributed by atoms with van der Waals surface area (Å²) < 4.78 is 15.9. The standard InChI is InChI=1S/C11H24O3.C8H18O3.C4H6O4/c1-2-8-13-10-5-6-11-14-9-4-3-7-12;9-5-1-3-7-11-8-4-2-6-10;5-3(6)1-2-4(7)8/h12H,2-11H2,1H3;9-10H,1-8H2;1-2H2,(H,5,6)(H,7,8). The van der Waals surface area contributed by atoms with E-state index in [0.29, 0.717) is 0 Å². The summed E-state index contributed by atoms with van der Waals surface area (Å²) in [4.78, 5) is 19.3. The van der Waals surface area contributed by atoms with Gasteiger partial charge in [0.2, 0.25) is 0 Å². The average Bonchev–Trinajstić information content (AvgIpc) is 2.79. The van der Waals surface area contributed by atoms with Crippen molar-refractivity contribution in [3.8, 4) is 0 Å². The van der Waals surface area contributed by atoms with Crippen LogP contribution in [0.15, 0.2) is 0 Å². The lowest BCUT2D eigenvalue weighted by Crippen LogP contribution is -2.01. The van der Waals surface area contributed by atoms with E-state index >= 15 is 0 Å². The van der Waals surface area contributed by atoms with Crippen molar-refractivity contribution in [2.45, 2.75) is 77.6 Å². The molecule has 0 bridgehead atoms. The second-order valence-corrected chi connectivity index (χ2v) is 7.12. The second kappa shape index (κ2) is 35.3. The summed E-state index contributed by atoms with van der Waals surface area (Å²) in [5.41, 5.74) is 0. The van der Waals surface area contributed by atoms with E-state index in [2.05, 4.69) is 6.92 Å². The smallest absolute Gasteiger partial charge is 0.303 e. The van der Waals surface area contributed by atoms with Crippen LogP contribution in [-0.2, 0) is 23.8 Å². The van der Waals surface area contributed by atoms with Crippen molar-refractivity contribution in [2.24, 2.45) is 0 Å². The van der Waals surface area contributed by atoms with E-state index in [1.54, 1.807) is 0 Å². The molecule has 0 aliphatic carbocycles. The summed E-state index contributed by atoms with van der Waals surface area (Å²) in [6.45, 7) is 7.67. The number of carbonyl (C=O) groups is 2. The molecule has 0 unspecified atom stereocenters. The third kappa shape index (κ3) is 49.1. The fourth-order valence-electron chi connectivity index (χ4n) is 2.02. The zero-order chi connectivity index (χ0) is 25.4. The van der Waals surface area contributed by atoms with Gasteiger partial charge in [0.1, 0.15) is 0 Å². The molecule has 0 fully saturated rings. The molecule has 0 saturated carbocycles. The third-order valence-electron chi connectivity index (χ3n) is 3.82. The number of unbranched alkanes of at least 4 members (excludes halogenated alkanes) is 4. The maximum atomic E-state index is 9.64. The minimum atomic E-state index is -1.08. The maximum absolute atomic E-state index is 9.64. The Kier molecular flexibility index (Phi) is 38.8. The van der Waals surface area contributed by atoms with Gasteiger partial charge in [-0.05, 0) is 57.8 Å². The average molecular weight is 485 g/mol. The van der Waals surface area contributed by atoms with E-state index in [9.17, 15) is 9.59 Å². The van der Waals surface area contributed by atoms with Gasteiger partial charge in [-0.25, -0.2) is 0 Å². The Bertz CT molecular complexity index is 346. The van der Waals surface area contributed by atoms with Crippen LogP contribution in [0.4, 0.5) is 0 Å². The molecule has 0 aromatic carbocycles. The quantitative estimate of drug-likeness (QED) is 0.144. The molecule has 0 saturated heterocycles. The lowest BCUT2D eigenvalue weighted by molar-refractivity contribution is -0.143. The Hall–Kier alpha value is -1.30. The van der Waals surface area contributed by atoms with E-state index in [-0.39, 0.29) is 32.7 Å². The Morgan fingerprint density at radius 1 is 0.515 bits per heavy atom.